The lowest BCUT2D eigenvalue weighted by Gasteiger charge is -2.25. The number of para-hydroxylation sites is 1. The standard InChI is InChI=1S/C22H15N5O/c23-12-16-18(15-10-11-25-17-9-5-4-8-14(15)17)19-20(13-6-2-1-3-7-13)26-27-22(19)28-21(16)24/h1-11,18H,24H2,(H,26,27)/t18-/m0/s1. The highest BCUT2D eigenvalue weighted by Gasteiger charge is 2.36. The molecule has 0 bridgehead atoms. The van der Waals surface area contributed by atoms with Crippen LogP contribution in [-0.2, 0) is 0 Å². The Morgan fingerprint density at radius 1 is 1.04 bits per heavy atom. The summed E-state index contributed by atoms with van der Waals surface area (Å²) in [5.41, 5.74) is 10.8. The maximum atomic E-state index is 9.88. The highest BCUT2D eigenvalue weighted by molar-refractivity contribution is 5.85. The fourth-order valence-electron chi connectivity index (χ4n) is 3.75. The van der Waals surface area contributed by atoms with Crippen LogP contribution >= 0.6 is 0 Å². The minimum Gasteiger partial charge on any atom is -0.420 e. The van der Waals surface area contributed by atoms with Crippen LogP contribution in [0.15, 0.2) is 78.3 Å². The summed E-state index contributed by atoms with van der Waals surface area (Å²) in [5.74, 6) is 0.0591. The lowest BCUT2D eigenvalue weighted by Crippen LogP contribution is -2.21. The number of aromatic amines is 1. The van der Waals surface area contributed by atoms with Gasteiger partial charge in [0.2, 0.25) is 11.8 Å². The van der Waals surface area contributed by atoms with Crippen molar-refractivity contribution in [2.75, 3.05) is 0 Å². The Morgan fingerprint density at radius 3 is 2.64 bits per heavy atom. The van der Waals surface area contributed by atoms with Crippen LogP contribution in [0.5, 0.6) is 5.88 Å². The molecule has 0 fully saturated rings. The van der Waals surface area contributed by atoms with Crippen LogP contribution in [0.2, 0.25) is 0 Å². The van der Waals surface area contributed by atoms with Crippen molar-refractivity contribution < 1.29 is 4.74 Å². The molecule has 1 aliphatic rings. The first-order valence-corrected chi connectivity index (χ1v) is 8.83. The molecule has 0 saturated carbocycles. The van der Waals surface area contributed by atoms with Gasteiger partial charge in [0.25, 0.3) is 0 Å². The number of hydrogen-bond acceptors (Lipinski definition) is 5. The zero-order valence-corrected chi connectivity index (χ0v) is 14.8. The van der Waals surface area contributed by atoms with Gasteiger partial charge >= 0.3 is 0 Å². The zero-order valence-electron chi connectivity index (χ0n) is 14.8. The van der Waals surface area contributed by atoms with E-state index >= 15 is 0 Å². The van der Waals surface area contributed by atoms with Gasteiger partial charge in [-0.15, -0.1) is 5.10 Å². The van der Waals surface area contributed by atoms with E-state index in [0.717, 1.165) is 33.3 Å². The van der Waals surface area contributed by atoms with E-state index in [1.807, 2.05) is 60.7 Å². The quantitative estimate of drug-likeness (QED) is 0.562. The lowest BCUT2D eigenvalue weighted by molar-refractivity contribution is 0.379. The van der Waals surface area contributed by atoms with Gasteiger partial charge in [0.15, 0.2) is 0 Å². The number of H-pyrrole nitrogens is 1. The summed E-state index contributed by atoms with van der Waals surface area (Å²) in [4.78, 5) is 4.45. The van der Waals surface area contributed by atoms with E-state index in [4.69, 9.17) is 10.5 Å². The van der Waals surface area contributed by atoms with Crippen LogP contribution in [0.1, 0.15) is 17.0 Å². The molecule has 6 nitrogen and oxygen atoms in total. The summed E-state index contributed by atoms with van der Waals surface area (Å²) < 4.78 is 5.68. The zero-order chi connectivity index (χ0) is 19.1. The predicted octanol–water partition coefficient (Wildman–Crippen LogP) is 3.84. The largest absolute Gasteiger partial charge is 0.420 e. The van der Waals surface area contributed by atoms with E-state index in [1.54, 1.807) is 6.20 Å². The Balaban J connectivity index is 1.82. The van der Waals surface area contributed by atoms with Crippen molar-refractivity contribution in [1.29, 1.82) is 5.26 Å². The monoisotopic (exact) mass is 365 g/mol. The van der Waals surface area contributed by atoms with Crippen LogP contribution in [0.25, 0.3) is 22.2 Å². The van der Waals surface area contributed by atoms with E-state index in [0.29, 0.717) is 11.5 Å². The smallest absolute Gasteiger partial charge is 0.244 e. The molecule has 0 radical (unpaired) electrons. The molecule has 3 N–H and O–H groups in total. The van der Waals surface area contributed by atoms with Crippen molar-refractivity contribution in [3.63, 3.8) is 0 Å². The molecule has 2 aromatic heterocycles. The van der Waals surface area contributed by atoms with Gasteiger partial charge in [0, 0.05) is 11.6 Å². The van der Waals surface area contributed by atoms with Gasteiger partial charge in [-0.1, -0.05) is 48.5 Å². The average Bonchev–Trinajstić information content (AvgIpc) is 3.16. The van der Waals surface area contributed by atoms with Crippen molar-refractivity contribution in [1.82, 2.24) is 15.2 Å². The van der Waals surface area contributed by atoms with E-state index in [2.05, 4.69) is 21.3 Å². The van der Waals surface area contributed by atoms with Crippen LogP contribution in [-0.4, -0.2) is 15.2 Å². The molecular formula is C22H15N5O. The van der Waals surface area contributed by atoms with Crippen LogP contribution < -0.4 is 10.5 Å². The van der Waals surface area contributed by atoms with Gasteiger partial charge in [-0.05, 0) is 23.3 Å². The van der Waals surface area contributed by atoms with Crippen LogP contribution in [0.4, 0.5) is 0 Å². The van der Waals surface area contributed by atoms with Gasteiger partial charge in [-0.25, -0.2) is 0 Å². The van der Waals surface area contributed by atoms with Crippen molar-refractivity contribution in [2.24, 2.45) is 5.73 Å². The number of hydrogen-bond donors (Lipinski definition) is 2. The number of allylic oxidation sites excluding steroid dienone is 1. The van der Waals surface area contributed by atoms with E-state index < -0.39 is 5.92 Å². The molecule has 6 heteroatoms. The third kappa shape index (κ3) is 2.34. The molecule has 4 aromatic rings. The van der Waals surface area contributed by atoms with E-state index in [1.165, 1.54) is 0 Å². The fourth-order valence-corrected chi connectivity index (χ4v) is 3.75. The topological polar surface area (TPSA) is 101 Å². The Kier molecular flexibility index (Phi) is 3.59. The number of nitrogens with one attached hydrogen (secondary N) is 1. The molecule has 1 aliphatic heterocycles. The second-order valence-corrected chi connectivity index (χ2v) is 6.53. The predicted molar refractivity (Wildman–Crippen MR) is 105 cm³/mol. The second kappa shape index (κ2) is 6.25. The molecule has 5 rings (SSSR count). The first-order valence-electron chi connectivity index (χ1n) is 8.83. The number of rotatable bonds is 2. The van der Waals surface area contributed by atoms with Crippen molar-refractivity contribution in [2.45, 2.75) is 5.92 Å². The Hall–Kier alpha value is -4.11. The summed E-state index contributed by atoms with van der Waals surface area (Å²) in [6.07, 6.45) is 1.75. The van der Waals surface area contributed by atoms with Gasteiger partial charge in [0.05, 0.1) is 22.7 Å². The molecule has 0 spiro atoms. The summed E-state index contributed by atoms with van der Waals surface area (Å²) in [5, 5.41) is 18.2. The van der Waals surface area contributed by atoms with Crippen molar-refractivity contribution >= 4 is 10.9 Å². The maximum absolute atomic E-state index is 9.88. The van der Waals surface area contributed by atoms with Crippen LogP contribution in [0.3, 0.4) is 0 Å². The first kappa shape index (κ1) is 16.1. The molecule has 0 aliphatic carbocycles. The minimum absolute atomic E-state index is 0.0759. The van der Waals surface area contributed by atoms with Gasteiger partial charge in [0.1, 0.15) is 11.6 Å². The minimum atomic E-state index is -0.407. The van der Waals surface area contributed by atoms with Crippen molar-refractivity contribution in [3.8, 4) is 23.2 Å². The number of nitrogens with zero attached hydrogens (tertiary/aromatic N) is 3. The number of nitriles is 1. The molecule has 1 atom stereocenters. The third-order valence-electron chi connectivity index (χ3n) is 5.00. The molecule has 0 unspecified atom stereocenters. The molecule has 28 heavy (non-hydrogen) atoms. The molecule has 0 saturated heterocycles. The number of benzene rings is 2. The number of nitrogens with two attached hydrogens (primary N) is 1. The van der Waals surface area contributed by atoms with Crippen LogP contribution in [0, 0.1) is 11.3 Å². The second-order valence-electron chi connectivity index (χ2n) is 6.53. The summed E-state index contributed by atoms with van der Waals surface area (Å²) in [6.45, 7) is 0. The summed E-state index contributed by atoms with van der Waals surface area (Å²) in [7, 11) is 0. The van der Waals surface area contributed by atoms with Gasteiger partial charge in [-0.3, -0.25) is 10.1 Å². The average molecular weight is 365 g/mol. The third-order valence-corrected chi connectivity index (χ3v) is 5.00. The Morgan fingerprint density at radius 2 is 1.82 bits per heavy atom. The van der Waals surface area contributed by atoms with Gasteiger partial charge < -0.3 is 10.5 Å². The Bertz CT molecular complexity index is 1260. The van der Waals surface area contributed by atoms with E-state index in [-0.39, 0.29) is 5.88 Å². The maximum Gasteiger partial charge on any atom is 0.244 e. The molecular weight excluding hydrogens is 350 g/mol. The molecule has 3 heterocycles. The van der Waals surface area contributed by atoms with E-state index in [9.17, 15) is 5.26 Å². The molecule has 0 amide bonds. The SMILES string of the molecule is N#CC1=C(N)Oc2n[nH]c(-c3ccccc3)c2[C@H]1c1ccnc2ccccc12. The number of ether oxygens (including phenoxy) is 1. The number of fused-ring (bicyclic) bond motifs is 2. The lowest BCUT2D eigenvalue weighted by atomic mass is 9.82. The normalized spacial score (nSPS) is 15.8. The number of aromatic nitrogens is 3. The highest BCUT2D eigenvalue weighted by atomic mass is 16.5. The summed E-state index contributed by atoms with van der Waals surface area (Å²) >= 11 is 0. The number of pyridine rings is 1. The fraction of sp³-hybridized carbons (Fsp3) is 0.0455. The summed E-state index contributed by atoms with van der Waals surface area (Å²) in [6, 6.07) is 21.9. The first-order chi connectivity index (χ1) is 13.8. The molecule has 134 valence electrons. The van der Waals surface area contributed by atoms with Gasteiger partial charge in [-0.2, -0.15) is 5.26 Å². The van der Waals surface area contributed by atoms with Crippen molar-refractivity contribution in [3.05, 3.63) is 89.4 Å². The Labute approximate surface area is 160 Å². The highest BCUT2D eigenvalue weighted by Crippen LogP contribution is 2.46. The molecule has 2 aromatic carbocycles.